The van der Waals surface area contributed by atoms with Gasteiger partial charge in [0.05, 0.1) is 10.6 Å². The fraction of sp³-hybridized carbons (Fsp3) is 0.333. The summed E-state index contributed by atoms with van der Waals surface area (Å²) in [4.78, 5) is 9.61. The number of thiazole rings is 1. The Morgan fingerprint density at radius 1 is 1.17 bits per heavy atom. The van der Waals surface area contributed by atoms with Crippen molar-refractivity contribution < 1.29 is 13.5 Å². The monoisotopic (exact) mass is 433 g/mol. The van der Waals surface area contributed by atoms with Gasteiger partial charge in [-0.2, -0.15) is 0 Å². The van der Waals surface area contributed by atoms with Crippen LogP contribution in [0.25, 0.3) is 0 Å². The van der Waals surface area contributed by atoms with Crippen LogP contribution >= 0.6 is 23.1 Å². The first-order valence-electron chi connectivity index (χ1n) is 9.56. The molecule has 1 aliphatic rings. The number of nitrogens with one attached hydrogen (secondary N) is 1. The minimum atomic E-state index is -0.736. The fourth-order valence-corrected chi connectivity index (χ4v) is 5.19. The number of ether oxygens (including phenoxy) is 1. The minimum Gasteiger partial charge on any atom is -0.450 e. The van der Waals surface area contributed by atoms with E-state index in [0.717, 1.165) is 23.4 Å². The van der Waals surface area contributed by atoms with E-state index in [1.165, 1.54) is 48.8 Å². The van der Waals surface area contributed by atoms with E-state index >= 15 is 0 Å². The van der Waals surface area contributed by atoms with Gasteiger partial charge in [0.25, 0.3) is 0 Å². The standard InChI is InChI=1S/C21H21F2N3OS2/c1-13-12-28-21(25-13)26-19-10-17(27-20-15(22)8-5-9-16(20)23)18(11-24-19)29-14-6-3-2-4-7-14/h5,8-12,14H,2-4,6-7H2,1H3,(H,24,25,26). The van der Waals surface area contributed by atoms with Gasteiger partial charge in [-0.15, -0.1) is 23.1 Å². The van der Waals surface area contributed by atoms with Crippen molar-refractivity contribution in [2.24, 2.45) is 0 Å². The van der Waals surface area contributed by atoms with Gasteiger partial charge in [-0.05, 0) is 31.9 Å². The quantitative estimate of drug-likeness (QED) is 0.450. The number of rotatable bonds is 6. The Morgan fingerprint density at radius 2 is 1.93 bits per heavy atom. The van der Waals surface area contributed by atoms with Gasteiger partial charge in [0.1, 0.15) is 11.6 Å². The van der Waals surface area contributed by atoms with Gasteiger partial charge < -0.3 is 10.1 Å². The van der Waals surface area contributed by atoms with E-state index in [9.17, 15) is 8.78 Å². The molecule has 0 aliphatic heterocycles. The van der Waals surface area contributed by atoms with Crippen LogP contribution in [-0.4, -0.2) is 15.2 Å². The molecule has 1 aliphatic carbocycles. The Hall–Kier alpha value is -2.19. The molecule has 4 rings (SSSR count). The Labute approximate surface area is 176 Å². The molecular formula is C21H21F2N3OS2. The van der Waals surface area contributed by atoms with Gasteiger partial charge in [0.15, 0.2) is 22.5 Å². The highest BCUT2D eigenvalue weighted by atomic mass is 32.2. The van der Waals surface area contributed by atoms with Gasteiger partial charge >= 0.3 is 0 Å². The molecule has 1 saturated carbocycles. The molecule has 1 aromatic carbocycles. The van der Waals surface area contributed by atoms with Gasteiger partial charge in [-0.3, -0.25) is 0 Å². The molecule has 29 heavy (non-hydrogen) atoms. The highest BCUT2D eigenvalue weighted by Crippen LogP contribution is 2.41. The number of hydrogen-bond acceptors (Lipinski definition) is 6. The molecule has 0 bridgehead atoms. The number of anilines is 2. The smallest absolute Gasteiger partial charge is 0.198 e. The average molecular weight is 434 g/mol. The summed E-state index contributed by atoms with van der Waals surface area (Å²) in [6, 6.07) is 5.36. The maximum Gasteiger partial charge on any atom is 0.198 e. The van der Waals surface area contributed by atoms with Crippen molar-refractivity contribution in [1.82, 2.24) is 9.97 Å². The molecule has 8 heteroatoms. The van der Waals surface area contributed by atoms with E-state index in [1.54, 1.807) is 24.0 Å². The normalized spacial score (nSPS) is 14.7. The molecule has 0 radical (unpaired) electrons. The van der Waals surface area contributed by atoms with Crippen molar-refractivity contribution in [3.05, 3.63) is 53.2 Å². The second kappa shape index (κ2) is 9.09. The van der Waals surface area contributed by atoms with Crippen LogP contribution in [0.1, 0.15) is 37.8 Å². The number of aryl methyl sites for hydroxylation is 1. The second-order valence-electron chi connectivity index (χ2n) is 6.97. The number of halogens is 2. The first-order valence-corrected chi connectivity index (χ1v) is 11.3. The second-order valence-corrected chi connectivity index (χ2v) is 9.17. The van der Waals surface area contributed by atoms with Crippen molar-refractivity contribution in [2.45, 2.75) is 49.2 Å². The van der Waals surface area contributed by atoms with E-state index in [-0.39, 0.29) is 0 Å². The maximum atomic E-state index is 14.2. The Kier molecular flexibility index (Phi) is 6.30. The lowest BCUT2D eigenvalue weighted by molar-refractivity contribution is 0.400. The zero-order valence-corrected chi connectivity index (χ0v) is 17.6. The lowest BCUT2D eigenvalue weighted by atomic mass is 10.0. The molecule has 0 amide bonds. The number of hydrogen-bond donors (Lipinski definition) is 1. The van der Waals surface area contributed by atoms with Gasteiger partial charge in [0.2, 0.25) is 0 Å². The van der Waals surface area contributed by atoms with Crippen molar-refractivity contribution >= 4 is 34.0 Å². The number of para-hydroxylation sites is 1. The summed E-state index contributed by atoms with van der Waals surface area (Å²) in [6.07, 6.45) is 7.61. The molecule has 0 saturated heterocycles. The zero-order chi connectivity index (χ0) is 20.2. The summed E-state index contributed by atoms with van der Waals surface area (Å²) in [5, 5.41) is 6.22. The van der Waals surface area contributed by atoms with E-state index in [2.05, 4.69) is 15.3 Å². The lowest BCUT2D eigenvalue weighted by Crippen LogP contribution is -2.08. The molecular weight excluding hydrogens is 412 g/mol. The molecule has 0 spiro atoms. The van der Waals surface area contributed by atoms with Crippen LogP contribution in [0.4, 0.5) is 19.7 Å². The van der Waals surface area contributed by atoms with Crippen LogP contribution in [-0.2, 0) is 0 Å². The predicted molar refractivity (Wildman–Crippen MR) is 114 cm³/mol. The third kappa shape index (κ3) is 5.05. The summed E-state index contributed by atoms with van der Waals surface area (Å²) < 4.78 is 34.1. The van der Waals surface area contributed by atoms with Crippen LogP contribution in [0.5, 0.6) is 11.5 Å². The highest BCUT2D eigenvalue weighted by molar-refractivity contribution is 8.00. The molecule has 1 fully saturated rings. The number of thioether (sulfide) groups is 1. The average Bonchev–Trinajstić information content (AvgIpc) is 3.12. The van der Waals surface area contributed by atoms with Gasteiger partial charge in [-0.1, -0.05) is 25.3 Å². The Bertz CT molecular complexity index is 970. The molecule has 152 valence electrons. The van der Waals surface area contributed by atoms with Crippen LogP contribution in [0.15, 0.2) is 40.7 Å². The van der Waals surface area contributed by atoms with Crippen LogP contribution in [0, 0.1) is 18.6 Å². The molecule has 0 unspecified atom stereocenters. The molecule has 2 heterocycles. The summed E-state index contributed by atoms with van der Waals surface area (Å²) in [7, 11) is 0. The zero-order valence-electron chi connectivity index (χ0n) is 16.0. The van der Waals surface area contributed by atoms with E-state index in [1.807, 2.05) is 12.3 Å². The fourth-order valence-electron chi connectivity index (χ4n) is 3.23. The summed E-state index contributed by atoms with van der Waals surface area (Å²) in [6.45, 7) is 1.91. The molecule has 3 aromatic rings. The van der Waals surface area contributed by atoms with Crippen molar-refractivity contribution in [2.75, 3.05) is 5.32 Å². The minimum absolute atomic E-state index is 0.385. The summed E-state index contributed by atoms with van der Waals surface area (Å²) in [5.41, 5.74) is 0.909. The lowest BCUT2D eigenvalue weighted by Gasteiger charge is -2.22. The van der Waals surface area contributed by atoms with Gasteiger partial charge in [0, 0.05) is 22.9 Å². The van der Waals surface area contributed by atoms with E-state index in [4.69, 9.17) is 4.74 Å². The van der Waals surface area contributed by atoms with Gasteiger partial charge in [-0.25, -0.2) is 18.7 Å². The van der Waals surface area contributed by atoms with Crippen molar-refractivity contribution in [3.8, 4) is 11.5 Å². The topological polar surface area (TPSA) is 47.0 Å². The Morgan fingerprint density at radius 3 is 2.62 bits per heavy atom. The largest absolute Gasteiger partial charge is 0.450 e. The Balaban J connectivity index is 1.64. The molecule has 0 atom stereocenters. The molecule has 2 aromatic heterocycles. The number of benzene rings is 1. The molecule has 4 nitrogen and oxygen atoms in total. The number of pyridine rings is 1. The van der Waals surface area contributed by atoms with Crippen molar-refractivity contribution in [3.63, 3.8) is 0 Å². The number of aromatic nitrogens is 2. The third-order valence-electron chi connectivity index (χ3n) is 4.66. The van der Waals surface area contributed by atoms with E-state index < -0.39 is 17.4 Å². The summed E-state index contributed by atoms with van der Waals surface area (Å²) in [5.74, 6) is -0.976. The first kappa shape index (κ1) is 20.1. The first-order chi connectivity index (χ1) is 14.1. The SMILES string of the molecule is Cc1csc(Nc2cc(Oc3c(F)cccc3F)c(SC3CCCCC3)cn2)n1. The number of nitrogens with zero attached hydrogens (tertiary/aromatic N) is 2. The predicted octanol–water partition coefficient (Wildman–Crippen LogP) is 7.09. The van der Waals surface area contributed by atoms with Crippen molar-refractivity contribution in [1.29, 1.82) is 0 Å². The molecule has 1 N–H and O–H groups in total. The van der Waals surface area contributed by atoms with Crippen LogP contribution in [0.3, 0.4) is 0 Å². The highest BCUT2D eigenvalue weighted by Gasteiger charge is 2.20. The van der Waals surface area contributed by atoms with E-state index in [0.29, 0.717) is 21.9 Å². The third-order valence-corrected chi connectivity index (χ3v) is 6.90. The summed E-state index contributed by atoms with van der Waals surface area (Å²) >= 11 is 3.13. The maximum absolute atomic E-state index is 14.2. The van der Waals surface area contributed by atoms with Crippen LogP contribution in [0.2, 0.25) is 0 Å². The van der Waals surface area contributed by atoms with Crippen LogP contribution < -0.4 is 10.1 Å².